The van der Waals surface area contributed by atoms with Crippen LogP contribution in [-0.2, 0) is 4.79 Å². The Balaban J connectivity index is 2.13. The Labute approximate surface area is 171 Å². The number of aliphatic hydroxyl groups excluding tert-OH is 1. The van der Waals surface area contributed by atoms with Crippen LogP contribution < -0.4 is 11.1 Å². The molecule has 0 bridgehead atoms. The Morgan fingerprint density at radius 2 is 1.55 bits per heavy atom. The van der Waals surface area contributed by atoms with E-state index in [2.05, 4.69) is 5.32 Å². The van der Waals surface area contributed by atoms with Gasteiger partial charge >= 0.3 is 13.1 Å². The van der Waals surface area contributed by atoms with Crippen molar-refractivity contribution in [3.8, 4) is 0 Å². The molecule has 0 heterocycles. The van der Waals surface area contributed by atoms with Crippen LogP contribution in [0.1, 0.15) is 42.5 Å². The summed E-state index contributed by atoms with van der Waals surface area (Å²) in [5.74, 6) is -1.14. The average Bonchev–Trinajstić information content (AvgIpc) is 2.72. The van der Waals surface area contributed by atoms with Crippen molar-refractivity contribution in [2.24, 2.45) is 5.73 Å². The molecule has 0 aromatic heterocycles. The van der Waals surface area contributed by atoms with E-state index < -0.39 is 30.8 Å². The fourth-order valence-electron chi connectivity index (χ4n) is 3.25. The lowest BCUT2D eigenvalue weighted by Crippen LogP contribution is -2.56. The molecule has 0 aliphatic rings. The van der Waals surface area contributed by atoms with Gasteiger partial charge in [-0.3, -0.25) is 4.79 Å². The maximum absolute atomic E-state index is 11.8. The lowest BCUT2D eigenvalue weighted by atomic mass is 9.82. The topological polar surface area (TPSA) is 136 Å². The number of benzene rings is 2. The van der Waals surface area contributed by atoms with Gasteiger partial charge in [-0.25, -0.2) is 0 Å². The monoisotopic (exact) mass is 400 g/mol. The smallest absolute Gasteiger partial charge is 0.451 e. The molecule has 0 aliphatic heterocycles. The highest BCUT2D eigenvalue weighted by Crippen LogP contribution is 2.29. The molecule has 156 valence electrons. The molecule has 0 amide bonds. The first kappa shape index (κ1) is 23.1. The van der Waals surface area contributed by atoms with Gasteiger partial charge in [-0.1, -0.05) is 73.5 Å². The van der Waals surface area contributed by atoms with Gasteiger partial charge < -0.3 is 31.3 Å². The Morgan fingerprint density at radius 1 is 1.00 bits per heavy atom. The third kappa shape index (κ3) is 6.95. The van der Waals surface area contributed by atoms with Crippen LogP contribution in [0, 0.1) is 0 Å². The highest BCUT2D eigenvalue weighted by molar-refractivity contribution is 6.40. The van der Waals surface area contributed by atoms with E-state index in [1.807, 2.05) is 60.7 Å². The summed E-state index contributed by atoms with van der Waals surface area (Å²) >= 11 is 0. The average molecular weight is 400 g/mol. The Morgan fingerprint density at radius 3 is 2.07 bits per heavy atom. The molecule has 29 heavy (non-hydrogen) atoms. The SMILES string of the molecule is NC(CCCCB(O)O)(CNC(c1ccccc1)C(O)c1ccccc1)C(=O)O. The van der Waals surface area contributed by atoms with Crippen molar-refractivity contribution in [1.82, 2.24) is 5.32 Å². The fourth-order valence-corrected chi connectivity index (χ4v) is 3.25. The number of rotatable bonds is 12. The second-order valence-electron chi connectivity index (χ2n) is 7.31. The van der Waals surface area contributed by atoms with Crippen molar-refractivity contribution in [2.45, 2.75) is 43.3 Å². The molecule has 0 aliphatic carbocycles. The highest BCUT2D eigenvalue weighted by Gasteiger charge is 2.35. The number of carbonyl (C=O) groups is 1. The van der Waals surface area contributed by atoms with Crippen molar-refractivity contribution in [3.05, 3.63) is 71.8 Å². The van der Waals surface area contributed by atoms with E-state index >= 15 is 0 Å². The van der Waals surface area contributed by atoms with Crippen molar-refractivity contribution in [1.29, 1.82) is 0 Å². The number of carboxylic acid groups (broad SMARTS) is 1. The molecule has 2 aromatic rings. The van der Waals surface area contributed by atoms with Crippen molar-refractivity contribution in [3.63, 3.8) is 0 Å². The van der Waals surface area contributed by atoms with Crippen LogP contribution in [0.25, 0.3) is 0 Å². The van der Waals surface area contributed by atoms with Gasteiger partial charge in [0, 0.05) is 6.54 Å². The van der Waals surface area contributed by atoms with E-state index in [0.29, 0.717) is 18.4 Å². The second-order valence-corrected chi connectivity index (χ2v) is 7.31. The van der Waals surface area contributed by atoms with Gasteiger partial charge in [0.05, 0.1) is 12.1 Å². The maximum atomic E-state index is 11.8. The Hall–Kier alpha value is -2.23. The Kier molecular flexibility index (Phi) is 8.82. The summed E-state index contributed by atoms with van der Waals surface area (Å²) in [4.78, 5) is 11.8. The molecule has 0 spiro atoms. The van der Waals surface area contributed by atoms with Crippen LogP contribution in [0.3, 0.4) is 0 Å². The molecule has 2 aromatic carbocycles. The molecular formula is C21H29BN2O5. The molecule has 0 fully saturated rings. The van der Waals surface area contributed by atoms with E-state index in [1.54, 1.807) is 0 Å². The molecule has 0 radical (unpaired) electrons. The maximum Gasteiger partial charge on any atom is 0.451 e. The minimum Gasteiger partial charge on any atom is -0.480 e. The summed E-state index contributed by atoms with van der Waals surface area (Å²) in [6, 6.07) is 17.9. The second kappa shape index (κ2) is 11.1. The summed E-state index contributed by atoms with van der Waals surface area (Å²) in [7, 11) is -1.41. The van der Waals surface area contributed by atoms with Crippen LogP contribution in [0.5, 0.6) is 0 Å². The third-order valence-corrected chi connectivity index (χ3v) is 5.01. The first-order valence-corrected chi connectivity index (χ1v) is 9.73. The highest BCUT2D eigenvalue weighted by atomic mass is 16.4. The minimum absolute atomic E-state index is 0.0481. The number of hydrogen-bond acceptors (Lipinski definition) is 6. The zero-order valence-corrected chi connectivity index (χ0v) is 16.3. The summed E-state index contributed by atoms with van der Waals surface area (Å²) in [5.41, 5.74) is 6.15. The predicted octanol–water partition coefficient (Wildman–Crippen LogP) is 1.48. The fraction of sp³-hybridized carbons (Fsp3) is 0.381. The lowest BCUT2D eigenvalue weighted by Gasteiger charge is -2.31. The number of aliphatic hydroxyl groups is 1. The van der Waals surface area contributed by atoms with Gasteiger partial charge in [-0.2, -0.15) is 0 Å². The number of hydrogen-bond donors (Lipinski definition) is 6. The molecule has 0 saturated carbocycles. The van der Waals surface area contributed by atoms with Gasteiger partial charge in [0.2, 0.25) is 0 Å². The third-order valence-electron chi connectivity index (χ3n) is 5.01. The standard InChI is InChI=1S/C21H29BN2O5/c23-21(20(26)27,13-7-8-14-22(28)29)15-24-18(16-9-3-1-4-10-16)19(25)17-11-5-2-6-12-17/h1-6,9-12,18-19,24-25,28-29H,7-8,13-15,23H2,(H,26,27). The first-order chi connectivity index (χ1) is 13.8. The van der Waals surface area contributed by atoms with Gasteiger partial charge in [0.1, 0.15) is 5.54 Å². The van der Waals surface area contributed by atoms with Crippen LogP contribution >= 0.6 is 0 Å². The molecule has 2 rings (SSSR count). The number of nitrogens with one attached hydrogen (secondary N) is 1. The predicted molar refractivity (Wildman–Crippen MR) is 112 cm³/mol. The number of unbranched alkanes of at least 4 members (excludes halogenated alkanes) is 1. The molecule has 8 heteroatoms. The van der Waals surface area contributed by atoms with Crippen LogP contribution in [0.15, 0.2) is 60.7 Å². The number of aliphatic carboxylic acids is 1. The lowest BCUT2D eigenvalue weighted by molar-refractivity contribution is -0.143. The van der Waals surface area contributed by atoms with Crippen LogP contribution in [0.2, 0.25) is 6.32 Å². The van der Waals surface area contributed by atoms with E-state index in [1.165, 1.54) is 0 Å². The summed E-state index contributed by atoms with van der Waals surface area (Å²) in [6.07, 6.45) is 0.354. The van der Waals surface area contributed by atoms with Gasteiger partial charge in [0.25, 0.3) is 0 Å². The van der Waals surface area contributed by atoms with Crippen molar-refractivity contribution in [2.75, 3.05) is 6.54 Å². The van der Waals surface area contributed by atoms with Crippen LogP contribution in [-0.4, -0.2) is 45.4 Å². The number of nitrogens with two attached hydrogens (primary N) is 1. The van der Waals surface area contributed by atoms with Crippen molar-refractivity contribution >= 4 is 13.1 Å². The summed E-state index contributed by atoms with van der Waals surface area (Å²) in [5, 5.41) is 41.6. The summed E-state index contributed by atoms with van der Waals surface area (Å²) in [6.45, 7) is -0.0481. The van der Waals surface area contributed by atoms with Gasteiger partial charge in [-0.15, -0.1) is 0 Å². The quantitative estimate of drug-likeness (QED) is 0.235. The van der Waals surface area contributed by atoms with E-state index in [9.17, 15) is 15.0 Å². The Bertz CT molecular complexity index is 747. The van der Waals surface area contributed by atoms with Gasteiger partial charge in [0.15, 0.2) is 0 Å². The van der Waals surface area contributed by atoms with Gasteiger partial charge in [-0.05, 0) is 23.9 Å². The first-order valence-electron chi connectivity index (χ1n) is 9.73. The largest absolute Gasteiger partial charge is 0.480 e. The zero-order chi connectivity index (χ0) is 21.3. The minimum atomic E-state index is -1.54. The van der Waals surface area contributed by atoms with Crippen molar-refractivity contribution < 1.29 is 25.1 Å². The molecule has 7 nitrogen and oxygen atoms in total. The molecule has 3 atom stereocenters. The zero-order valence-electron chi connectivity index (χ0n) is 16.3. The van der Waals surface area contributed by atoms with Crippen LogP contribution in [0.4, 0.5) is 0 Å². The number of carboxylic acids is 1. The molecule has 0 saturated heterocycles. The molecule has 3 unspecified atom stereocenters. The van der Waals surface area contributed by atoms with E-state index in [4.69, 9.17) is 15.8 Å². The normalized spacial score (nSPS) is 15.3. The molecule has 7 N–H and O–H groups in total. The summed E-state index contributed by atoms with van der Waals surface area (Å²) < 4.78 is 0. The van der Waals surface area contributed by atoms with E-state index in [-0.39, 0.29) is 19.3 Å². The van der Waals surface area contributed by atoms with E-state index in [0.717, 1.165) is 5.56 Å². The molecular weight excluding hydrogens is 371 g/mol.